The van der Waals surface area contributed by atoms with E-state index in [-0.39, 0.29) is 12.0 Å². The summed E-state index contributed by atoms with van der Waals surface area (Å²) in [6.45, 7) is 3.25. The molecule has 29 heavy (non-hydrogen) atoms. The van der Waals surface area contributed by atoms with Crippen molar-refractivity contribution in [2.45, 2.75) is 25.9 Å². The summed E-state index contributed by atoms with van der Waals surface area (Å²) >= 11 is 0. The molecule has 2 aromatic rings. The third kappa shape index (κ3) is 5.96. The van der Waals surface area contributed by atoms with Crippen molar-refractivity contribution in [3.8, 4) is 11.5 Å². The molecule has 0 aromatic heterocycles. The van der Waals surface area contributed by atoms with Gasteiger partial charge in [-0.2, -0.15) is 0 Å². The molecule has 7 heteroatoms. The molecule has 1 fully saturated rings. The zero-order valence-corrected chi connectivity index (χ0v) is 17.0. The first-order valence-electron chi connectivity index (χ1n) is 9.61. The maximum atomic E-state index is 12.9. The molecule has 1 amide bonds. The van der Waals surface area contributed by atoms with Crippen LogP contribution >= 0.6 is 0 Å². The second-order valence-corrected chi connectivity index (χ2v) is 6.87. The van der Waals surface area contributed by atoms with Crippen molar-refractivity contribution >= 4 is 17.6 Å². The molecule has 1 atom stereocenters. The summed E-state index contributed by atoms with van der Waals surface area (Å²) in [7, 11) is 3.09. The molecule has 0 radical (unpaired) electrons. The summed E-state index contributed by atoms with van der Waals surface area (Å²) in [6.07, 6.45) is 2.09. The fraction of sp³-hybridized carbons (Fsp3) is 0.364. The van der Waals surface area contributed by atoms with E-state index >= 15 is 0 Å². The lowest BCUT2D eigenvalue weighted by Crippen LogP contribution is -2.36. The Balaban J connectivity index is 1.79. The molecule has 154 valence electrons. The lowest BCUT2D eigenvalue weighted by atomic mass is 10.2. The Morgan fingerprint density at radius 3 is 2.55 bits per heavy atom. The van der Waals surface area contributed by atoms with Crippen molar-refractivity contribution < 1.29 is 19.0 Å². The largest absolute Gasteiger partial charge is 0.497 e. The monoisotopic (exact) mass is 397 g/mol. The van der Waals surface area contributed by atoms with Crippen molar-refractivity contribution in [1.82, 2.24) is 5.32 Å². The molecule has 1 saturated heterocycles. The summed E-state index contributed by atoms with van der Waals surface area (Å²) in [5.74, 6) is 1.14. The molecule has 2 aromatic carbocycles. The third-order valence-corrected chi connectivity index (χ3v) is 4.60. The summed E-state index contributed by atoms with van der Waals surface area (Å²) < 4.78 is 16.2. The fourth-order valence-corrected chi connectivity index (χ4v) is 3.07. The number of rotatable bonds is 6. The van der Waals surface area contributed by atoms with E-state index in [1.54, 1.807) is 32.4 Å². The minimum absolute atomic E-state index is 0.0816. The van der Waals surface area contributed by atoms with Gasteiger partial charge in [0.15, 0.2) is 0 Å². The van der Waals surface area contributed by atoms with Gasteiger partial charge in [0.05, 0.1) is 26.9 Å². The summed E-state index contributed by atoms with van der Waals surface area (Å²) in [6, 6.07) is 12.9. The number of benzene rings is 2. The second kappa shape index (κ2) is 9.93. The van der Waals surface area contributed by atoms with E-state index in [9.17, 15) is 4.79 Å². The average Bonchev–Trinajstić information content (AvgIpc) is 3.25. The number of ether oxygens (including phenoxy) is 3. The third-order valence-electron chi connectivity index (χ3n) is 4.60. The van der Waals surface area contributed by atoms with E-state index in [1.165, 1.54) is 0 Å². The van der Waals surface area contributed by atoms with Gasteiger partial charge in [0.1, 0.15) is 11.5 Å². The van der Waals surface area contributed by atoms with Gasteiger partial charge in [-0.1, -0.05) is 12.1 Å². The Bertz CT molecular complexity index is 854. The van der Waals surface area contributed by atoms with Gasteiger partial charge in [0.25, 0.3) is 5.91 Å². The van der Waals surface area contributed by atoms with Crippen molar-refractivity contribution in [3.63, 3.8) is 0 Å². The summed E-state index contributed by atoms with van der Waals surface area (Å²) in [4.78, 5) is 17.4. The van der Waals surface area contributed by atoms with Crippen molar-refractivity contribution in [1.29, 1.82) is 0 Å². The van der Waals surface area contributed by atoms with Crippen LogP contribution in [0.25, 0.3) is 0 Å². The number of carbonyl (C=O) groups is 1. The second-order valence-electron chi connectivity index (χ2n) is 6.87. The molecular weight excluding hydrogens is 370 g/mol. The van der Waals surface area contributed by atoms with E-state index in [0.29, 0.717) is 29.6 Å². The first-order valence-corrected chi connectivity index (χ1v) is 9.61. The molecule has 0 bridgehead atoms. The SMILES string of the molecule is COc1cc(OC)cc(C(=O)NC(=NCC2CCCO2)Nc2cccc(C)c2)c1. The molecule has 1 heterocycles. The normalized spacial score (nSPS) is 16.4. The Morgan fingerprint density at radius 1 is 1.17 bits per heavy atom. The van der Waals surface area contributed by atoms with Crippen LogP contribution in [0, 0.1) is 6.92 Å². The number of nitrogens with one attached hydrogen (secondary N) is 2. The molecule has 0 saturated carbocycles. The standard InChI is InChI=1S/C22H27N3O4/c1-15-6-4-7-17(10-15)24-22(23-14-18-8-5-9-29-18)25-21(26)16-11-19(27-2)13-20(12-16)28-3/h4,6-7,10-13,18H,5,8-9,14H2,1-3H3,(H2,23,24,25,26). The molecule has 1 aliphatic heterocycles. The van der Waals surface area contributed by atoms with Gasteiger partial charge < -0.3 is 19.5 Å². The highest BCUT2D eigenvalue weighted by atomic mass is 16.5. The molecule has 3 rings (SSSR count). The number of aliphatic imine (C=N–C) groups is 1. The van der Waals surface area contributed by atoms with Crippen molar-refractivity contribution in [3.05, 3.63) is 53.6 Å². The van der Waals surface area contributed by atoms with Gasteiger partial charge in [-0.3, -0.25) is 10.1 Å². The van der Waals surface area contributed by atoms with Gasteiger partial charge in [0, 0.05) is 23.9 Å². The number of amides is 1. The zero-order chi connectivity index (χ0) is 20.6. The number of nitrogens with zero attached hydrogens (tertiary/aromatic N) is 1. The summed E-state index contributed by atoms with van der Waals surface area (Å²) in [5, 5.41) is 6.06. The molecular formula is C22H27N3O4. The minimum Gasteiger partial charge on any atom is -0.497 e. The maximum Gasteiger partial charge on any atom is 0.258 e. The predicted octanol–water partition coefficient (Wildman–Crippen LogP) is 3.39. The molecule has 0 spiro atoms. The van der Waals surface area contributed by atoms with E-state index in [0.717, 1.165) is 30.7 Å². The van der Waals surface area contributed by atoms with Gasteiger partial charge >= 0.3 is 0 Å². The van der Waals surface area contributed by atoms with Crippen molar-refractivity contribution in [2.24, 2.45) is 4.99 Å². The molecule has 1 aliphatic rings. The van der Waals surface area contributed by atoms with Crippen molar-refractivity contribution in [2.75, 3.05) is 32.7 Å². The van der Waals surface area contributed by atoms with Gasteiger partial charge in [-0.15, -0.1) is 0 Å². The van der Waals surface area contributed by atoms with Crippen LogP contribution in [-0.4, -0.2) is 45.3 Å². The molecule has 2 N–H and O–H groups in total. The quantitative estimate of drug-likeness (QED) is 0.577. The average molecular weight is 397 g/mol. The van der Waals surface area contributed by atoms with Crippen LogP contribution in [0.5, 0.6) is 11.5 Å². The molecule has 7 nitrogen and oxygen atoms in total. The Morgan fingerprint density at radius 2 is 1.93 bits per heavy atom. The van der Waals surface area contributed by atoms with Crippen LogP contribution in [0.3, 0.4) is 0 Å². The maximum absolute atomic E-state index is 12.9. The number of methoxy groups -OCH3 is 2. The van der Waals surface area contributed by atoms with Gasteiger partial charge in [-0.25, -0.2) is 4.99 Å². The van der Waals surface area contributed by atoms with Crippen LogP contribution in [0.1, 0.15) is 28.8 Å². The van der Waals surface area contributed by atoms with E-state index < -0.39 is 0 Å². The minimum atomic E-state index is -0.312. The zero-order valence-electron chi connectivity index (χ0n) is 17.0. The van der Waals surface area contributed by atoms with E-state index in [4.69, 9.17) is 14.2 Å². The predicted molar refractivity (Wildman–Crippen MR) is 113 cm³/mol. The van der Waals surface area contributed by atoms with Crippen LogP contribution in [0.2, 0.25) is 0 Å². The number of hydrogen-bond acceptors (Lipinski definition) is 5. The number of carbonyl (C=O) groups excluding carboxylic acids is 1. The highest BCUT2D eigenvalue weighted by Crippen LogP contribution is 2.22. The van der Waals surface area contributed by atoms with E-state index in [1.807, 2.05) is 31.2 Å². The Labute approximate surface area is 171 Å². The topological polar surface area (TPSA) is 81.2 Å². The fourth-order valence-electron chi connectivity index (χ4n) is 3.07. The number of aryl methyl sites for hydroxylation is 1. The van der Waals surface area contributed by atoms with Crippen LogP contribution in [-0.2, 0) is 4.74 Å². The van der Waals surface area contributed by atoms with Crippen LogP contribution in [0.4, 0.5) is 5.69 Å². The van der Waals surface area contributed by atoms with Gasteiger partial charge in [-0.05, 0) is 49.6 Å². The lowest BCUT2D eigenvalue weighted by molar-refractivity contribution is 0.0975. The first kappa shape index (κ1) is 20.7. The number of anilines is 1. The van der Waals surface area contributed by atoms with Gasteiger partial charge in [0.2, 0.25) is 5.96 Å². The number of guanidine groups is 1. The van der Waals surface area contributed by atoms with Crippen LogP contribution < -0.4 is 20.1 Å². The number of hydrogen-bond donors (Lipinski definition) is 2. The first-order chi connectivity index (χ1) is 14.1. The lowest BCUT2D eigenvalue weighted by Gasteiger charge is -2.14. The highest BCUT2D eigenvalue weighted by molar-refractivity contribution is 6.10. The van der Waals surface area contributed by atoms with Crippen LogP contribution in [0.15, 0.2) is 47.5 Å². The Kier molecular flexibility index (Phi) is 7.08. The highest BCUT2D eigenvalue weighted by Gasteiger charge is 2.17. The molecule has 1 unspecified atom stereocenters. The smallest absolute Gasteiger partial charge is 0.258 e. The molecule has 0 aliphatic carbocycles. The van der Waals surface area contributed by atoms with E-state index in [2.05, 4.69) is 15.6 Å². The Hall–Kier alpha value is -3.06. The summed E-state index contributed by atoms with van der Waals surface area (Å²) in [5.41, 5.74) is 2.37.